The molecule has 0 bridgehead atoms. The topological polar surface area (TPSA) is 109 Å². The molecule has 40 heavy (non-hydrogen) atoms. The van der Waals surface area contributed by atoms with Crippen LogP contribution in [-0.4, -0.2) is 33.4 Å². The van der Waals surface area contributed by atoms with Crippen molar-refractivity contribution in [3.63, 3.8) is 0 Å². The first-order valence-electron chi connectivity index (χ1n) is 12.9. The maximum absolute atomic E-state index is 13.3. The molecule has 0 saturated carbocycles. The van der Waals surface area contributed by atoms with Gasteiger partial charge in [0, 0.05) is 5.56 Å². The maximum atomic E-state index is 13.3. The molecule has 2 heterocycles. The number of hydrogen-bond donors (Lipinski definition) is 2. The third-order valence-electron chi connectivity index (χ3n) is 6.66. The van der Waals surface area contributed by atoms with Gasteiger partial charge in [-0.05, 0) is 73.5 Å². The molecule has 4 aromatic rings. The Balaban J connectivity index is 1.50. The van der Waals surface area contributed by atoms with Crippen LogP contribution >= 0.6 is 0 Å². The number of phenolic OH excluding ortho intramolecular Hbond substituents is 1. The molecule has 1 aliphatic heterocycles. The third-order valence-corrected chi connectivity index (χ3v) is 6.66. The van der Waals surface area contributed by atoms with E-state index in [0.717, 1.165) is 11.1 Å². The molecule has 8 nitrogen and oxygen atoms in total. The zero-order valence-electron chi connectivity index (χ0n) is 22.2. The van der Waals surface area contributed by atoms with Crippen LogP contribution in [0.15, 0.2) is 95.1 Å². The van der Waals surface area contributed by atoms with Crippen molar-refractivity contribution in [3.05, 3.63) is 119 Å². The number of rotatable bonds is 9. The lowest BCUT2D eigenvalue weighted by molar-refractivity contribution is -0.140. The number of aliphatic hydroxyl groups excluding tert-OH is 1. The van der Waals surface area contributed by atoms with Crippen LogP contribution in [0.3, 0.4) is 0 Å². The SMILES string of the molecule is CCOc1cc(C2C(=C(O)c3ccc(OCc4cccc(C)c4)cc3)C(=O)C(=O)N2Cc2ccco2)ccc1O. The fourth-order valence-corrected chi connectivity index (χ4v) is 4.77. The molecule has 204 valence electrons. The van der Waals surface area contributed by atoms with Gasteiger partial charge in [-0.2, -0.15) is 0 Å². The Labute approximate surface area is 231 Å². The number of nitrogens with zero attached hydrogens (tertiary/aromatic N) is 1. The summed E-state index contributed by atoms with van der Waals surface area (Å²) in [5.74, 6) is -0.708. The Morgan fingerprint density at radius 1 is 0.975 bits per heavy atom. The second-order valence-corrected chi connectivity index (χ2v) is 9.47. The highest BCUT2D eigenvalue weighted by Crippen LogP contribution is 2.42. The number of benzene rings is 3. The lowest BCUT2D eigenvalue weighted by Gasteiger charge is -2.25. The number of carbonyl (C=O) groups excluding carboxylic acids is 2. The Hall–Kier alpha value is -4.98. The van der Waals surface area contributed by atoms with Crippen LogP contribution in [0.5, 0.6) is 17.2 Å². The van der Waals surface area contributed by atoms with Gasteiger partial charge in [0.1, 0.15) is 23.9 Å². The van der Waals surface area contributed by atoms with Gasteiger partial charge >= 0.3 is 0 Å². The van der Waals surface area contributed by atoms with Gasteiger partial charge in [-0.25, -0.2) is 0 Å². The molecule has 1 fully saturated rings. The summed E-state index contributed by atoms with van der Waals surface area (Å²) in [6.07, 6.45) is 1.48. The van der Waals surface area contributed by atoms with Gasteiger partial charge < -0.3 is 29.0 Å². The van der Waals surface area contributed by atoms with E-state index in [1.165, 1.54) is 17.2 Å². The second kappa shape index (κ2) is 11.4. The molecule has 0 aliphatic carbocycles. The van der Waals surface area contributed by atoms with Crippen LogP contribution in [-0.2, 0) is 22.7 Å². The van der Waals surface area contributed by atoms with Gasteiger partial charge in [-0.1, -0.05) is 35.9 Å². The molecule has 3 aromatic carbocycles. The Morgan fingerprint density at radius 3 is 2.48 bits per heavy atom. The molecule has 1 aromatic heterocycles. The number of ketones is 1. The van der Waals surface area contributed by atoms with Crippen LogP contribution in [0.2, 0.25) is 0 Å². The van der Waals surface area contributed by atoms with Crippen molar-refractivity contribution < 1.29 is 33.7 Å². The van der Waals surface area contributed by atoms with E-state index in [0.29, 0.717) is 35.9 Å². The standard InChI is InChI=1S/C32H29NO7/c1-3-38-27-17-23(11-14-26(27)34)29-28(31(36)32(37)33(29)18-25-8-5-15-39-25)30(35)22-9-12-24(13-10-22)40-19-21-7-4-6-20(2)16-21/h4-17,29,34-35H,3,18-19H2,1-2H3. The summed E-state index contributed by atoms with van der Waals surface area (Å²) in [6.45, 7) is 4.50. The zero-order chi connectivity index (χ0) is 28.2. The van der Waals surface area contributed by atoms with E-state index in [4.69, 9.17) is 13.9 Å². The Morgan fingerprint density at radius 2 is 1.77 bits per heavy atom. The van der Waals surface area contributed by atoms with Crippen LogP contribution in [0.25, 0.3) is 5.76 Å². The van der Waals surface area contributed by atoms with Crippen molar-refractivity contribution in [2.24, 2.45) is 0 Å². The summed E-state index contributed by atoms with van der Waals surface area (Å²) in [5, 5.41) is 21.6. The zero-order valence-corrected chi connectivity index (χ0v) is 22.2. The fraction of sp³-hybridized carbons (Fsp3) is 0.188. The number of carbonyl (C=O) groups is 2. The first-order valence-corrected chi connectivity index (χ1v) is 12.9. The highest BCUT2D eigenvalue weighted by atomic mass is 16.5. The summed E-state index contributed by atoms with van der Waals surface area (Å²) in [5.41, 5.74) is 2.95. The molecule has 5 rings (SSSR count). The number of hydrogen-bond acceptors (Lipinski definition) is 7. The lowest BCUT2D eigenvalue weighted by atomic mass is 9.95. The molecular formula is C32H29NO7. The highest BCUT2D eigenvalue weighted by molar-refractivity contribution is 6.46. The number of phenols is 1. The summed E-state index contributed by atoms with van der Waals surface area (Å²) < 4.78 is 16.9. The van der Waals surface area contributed by atoms with Gasteiger partial charge in [0.25, 0.3) is 11.7 Å². The van der Waals surface area contributed by atoms with Gasteiger partial charge in [-0.15, -0.1) is 0 Å². The van der Waals surface area contributed by atoms with Crippen molar-refractivity contribution >= 4 is 17.4 Å². The number of aryl methyl sites for hydroxylation is 1. The van der Waals surface area contributed by atoms with Crippen molar-refractivity contribution in [1.82, 2.24) is 4.90 Å². The van der Waals surface area contributed by atoms with E-state index >= 15 is 0 Å². The third kappa shape index (κ3) is 5.42. The number of furan rings is 1. The number of Topliss-reactive ketones (excluding diaryl/α,β-unsaturated/α-hetero) is 1. The summed E-state index contributed by atoms with van der Waals surface area (Å²) >= 11 is 0. The van der Waals surface area contributed by atoms with Crippen molar-refractivity contribution in [2.75, 3.05) is 6.61 Å². The fourth-order valence-electron chi connectivity index (χ4n) is 4.77. The maximum Gasteiger partial charge on any atom is 0.296 e. The number of amides is 1. The van der Waals surface area contributed by atoms with Gasteiger partial charge in [0.05, 0.1) is 31.0 Å². The summed E-state index contributed by atoms with van der Waals surface area (Å²) in [4.78, 5) is 27.9. The van der Waals surface area contributed by atoms with Crippen LogP contribution in [0.4, 0.5) is 0 Å². The number of likely N-dealkylation sites (tertiary alicyclic amines) is 1. The molecule has 0 spiro atoms. The van der Waals surface area contributed by atoms with Crippen molar-refractivity contribution in [2.45, 2.75) is 33.0 Å². The molecule has 1 atom stereocenters. The van der Waals surface area contributed by atoms with Crippen LogP contribution in [0.1, 0.15) is 41.0 Å². The van der Waals surface area contributed by atoms with E-state index < -0.39 is 17.7 Å². The normalized spacial score (nSPS) is 16.4. The van der Waals surface area contributed by atoms with Gasteiger partial charge in [0.2, 0.25) is 0 Å². The van der Waals surface area contributed by atoms with Crippen LogP contribution in [0, 0.1) is 6.92 Å². The van der Waals surface area contributed by atoms with E-state index in [1.807, 2.05) is 31.2 Å². The lowest BCUT2D eigenvalue weighted by Crippen LogP contribution is -2.29. The minimum atomic E-state index is -0.942. The van der Waals surface area contributed by atoms with E-state index in [1.54, 1.807) is 55.5 Å². The van der Waals surface area contributed by atoms with Crippen LogP contribution < -0.4 is 9.47 Å². The molecule has 2 N–H and O–H groups in total. The van der Waals surface area contributed by atoms with Crippen molar-refractivity contribution in [1.29, 1.82) is 0 Å². The molecule has 1 unspecified atom stereocenters. The minimum Gasteiger partial charge on any atom is -0.507 e. The van der Waals surface area contributed by atoms with Crippen molar-refractivity contribution in [3.8, 4) is 17.2 Å². The largest absolute Gasteiger partial charge is 0.507 e. The van der Waals surface area contributed by atoms with Gasteiger partial charge in [-0.3, -0.25) is 9.59 Å². The summed E-state index contributed by atoms with van der Waals surface area (Å²) in [7, 11) is 0. The average Bonchev–Trinajstić information content (AvgIpc) is 3.56. The Kier molecular flexibility index (Phi) is 7.59. The molecule has 8 heteroatoms. The smallest absolute Gasteiger partial charge is 0.296 e. The predicted octanol–water partition coefficient (Wildman–Crippen LogP) is 5.89. The Bertz CT molecular complexity index is 1550. The first-order chi connectivity index (χ1) is 19.4. The molecule has 1 saturated heterocycles. The average molecular weight is 540 g/mol. The first kappa shape index (κ1) is 26.6. The van der Waals surface area contributed by atoms with E-state index in [2.05, 4.69) is 0 Å². The van der Waals surface area contributed by atoms with Gasteiger partial charge in [0.15, 0.2) is 11.5 Å². The monoisotopic (exact) mass is 539 g/mol. The summed E-state index contributed by atoms with van der Waals surface area (Å²) in [6, 6.07) is 21.7. The highest BCUT2D eigenvalue weighted by Gasteiger charge is 2.46. The number of aliphatic hydroxyl groups is 1. The molecule has 1 aliphatic rings. The molecule has 1 amide bonds. The minimum absolute atomic E-state index is 0.00953. The van der Waals surface area contributed by atoms with E-state index in [9.17, 15) is 19.8 Å². The molecular weight excluding hydrogens is 510 g/mol. The van der Waals surface area contributed by atoms with E-state index in [-0.39, 0.29) is 29.4 Å². The molecule has 0 radical (unpaired) electrons. The number of aromatic hydroxyl groups is 1. The quantitative estimate of drug-likeness (QED) is 0.155. The second-order valence-electron chi connectivity index (χ2n) is 9.47. The number of ether oxygens (including phenoxy) is 2. The predicted molar refractivity (Wildman–Crippen MR) is 148 cm³/mol.